The van der Waals surface area contributed by atoms with Crippen LogP contribution in [0.15, 0.2) is 34.5 Å². The number of nitro groups is 1. The van der Waals surface area contributed by atoms with E-state index in [4.69, 9.17) is 16.3 Å². The Hall–Kier alpha value is -2.25. The van der Waals surface area contributed by atoms with E-state index in [-0.39, 0.29) is 47.5 Å². The van der Waals surface area contributed by atoms with Crippen molar-refractivity contribution in [3.63, 3.8) is 0 Å². The van der Waals surface area contributed by atoms with Crippen molar-refractivity contribution in [3.8, 4) is 0 Å². The molecule has 3 heterocycles. The number of benzene rings is 1. The molecule has 1 aromatic carbocycles. The number of nitro benzene ring substituents is 1. The first-order valence-corrected chi connectivity index (χ1v) is 12.6. The fourth-order valence-corrected chi connectivity index (χ4v) is 6.81. The first kappa shape index (κ1) is 22.9. The van der Waals surface area contributed by atoms with Crippen LogP contribution in [0.2, 0.25) is 4.34 Å². The van der Waals surface area contributed by atoms with E-state index in [0.717, 1.165) is 11.3 Å². The Bertz CT molecular complexity index is 1120. The third-order valence-corrected chi connectivity index (χ3v) is 9.04. The van der Waals surface area contributed by atoms with E-state index in [1.54, 1.807) is 6.07 Å². The highest BCUT2D eigenvalue weighted by Gasteiger charge is 2.33. The Kier molecular flexibility index (Phi) is 6.67. The summed E-state index contributed by atoms with van der Waals surface area (Å²) in [7, 11) is -3.68. The predicted octanol–water partition coefficient (Wildman–Crippen LogP) is 2.29. The number of hydrogen-bond donors (Lipinski definition) is 0. The number of morpholine rings is 1. The Labute approximate surface area is 194 Å². The Balaban J connectivity index is 1.53. The number of carbonyl (C=O) groups excluding carboxylic acids is 1. The number of sulfonamides is 1. The van der Waals surface area contributed by atoms with Gasteiger partial charge < -0.3 is 14.5 Å². The zero-order chi connectivity index (χ0) is 22.9. The first-order valence-electron chi connectivity index (χ1n) is 9.93. The Morgan fingerprint density at radius 2 is 1.75 bits per heavy atom. The quantitative estimate of drug-likeness (QED) is 0.457. The molecule has 172 valence electrons. The molecule has 4 rings (SSSR count). The van der Waals surface area contributed by atoms with Gasteiger partial charge in [-0.3, -0.25) is 14.9 Å². The summed E-state index contributed by atoms with van der Waals surface area (Å²) in [5, 5.41) is 11.3. The van der Waals surface area contributed by atoms with Crippen LogP contribution in [0.3, 0.4) is 0 Å². The van der Waals surface area contributed by atoms with Crippen LogP contribution >= 0.6 is 22.9 Å². The van der Waals surface area contributed by atoms with Crippen molar-refractivity contribution in [1.82, 2.24) is 9.21 Å². The van der Waals surface area contributed by atoms with Crippen LogP contribution < -0.4 is 4.90 Å². The molecule has 0 N–H and O–H groups in total. The summed E-state index contributed by atoms with van der Waals surface area (Å²) < 4.78 is 32.9. The van der Waals surface area contributed by atoms with Crippen molar-refractivity contribution >= 4 is 50.2 Å². The van der Waals surface area contributed by atoms with Crippen LogP contribution in [0.25, 0.3) is 0 Å². The van der Waals surface area contributed by atoms with Crippen molar-refractivity contribution in [2.24, 2.45) is 0 Å². The number of piperazine rings is 1. The van der Waals surface area contributed by atoms with Gasteiger partial charge in [0.1, 0.15) is 4.21 Å². The molecule has 0 unspecified atom stereocenters. The van der Waals surface area contributed by atoms with Gasteiger partial charge in [0, 0.05) is 51.4 Å². The van der Waals surface area contributed by atoms with Crippen LogP contribution in [0.1, 0.15) is 10.4 Å². The van der Waals surface area contributed by atoms with E-state index >= 15 is 0 Å². The molecular formula is C19H21ClN4O6S2. The topological polar surface area (TPSA) is 113 Å². The highest BCUT2D eigenvalue weighted by Crippen LogP contribution is 2.30. The number of ether oxygens (including phenoxy) is 1. The SMILES string of the molecule is O=C(c1cc([N+](=O)[O-])ccc1N1CCOCC1)N1CCN(S(=O)(=O)c2ccc(Cl)s2)CC1. The number of non-ortho nitro benzene ring substituents is 1. The van der Waals surface area contributed by atoms with Crippen molar-refractivity contribution in [1.29, 1.82) is 0 Å². The van der Waals surface area contributed by atoms with Crippen molar-refractivity contribution in [2.45, 2.75) is 4.21 Å². The highest BCUT2D eigenvalue weighted by atomic mass is 35.5. The molecule has 2 aliphatic rings. The molecule has 0 saturated carbocycles. The van der Waals surface area contributed by atoms with Gasteiger partial charge in [0.05, 0.1) is 33.7 Å². The van der Waals surface area contributed by atoms with Gasteiger partial charge in [-0.1, -0.05) is 11.6 Å². The number of amides is 1. The number of anilines is 1. The second kappa shape index (κ2) is 9.32. The van der Waals surface area contributed by atoms with E-state index in [1.807, 2.05) is 4.90 Å². The molecule has 1 amide bonds. The average Bonchev–Trinajstić information content (AvgIpc) is 3.26. The lowest BCUT2D eigenvalue weighted by molar-refractivity contribution is -0.384. The molecule has 13 heteroatoms. The lowest BCUT2D eigenvalue weighted by atomic mass is 10.1. The molecule has 2 aliphatic heterocycles. The summed E-state index contributed by atoms with van der Waals surface area (Å²) in [6.07, 6.45) is 0. The van der Waals surface area contributed by atoms with Gasteiger partial charge in [-0.2, -0.15) is 4.31 Å². The van der Waals surface area contributed by atoms with Crippen LogP contribution in [-0.4, -0.2) is 80.9 Å². The largest absolute Gasteiger partial charge is 0.378 e. The minimum atomic E-state index is -3.68. The van der Waals surface area contributed by atoms with E-state index in [0.29, 0.717) is 36.3 Å². The van der Waals surface area contributed by atoms with E-state index in [1.165, 1.54) is 33.5 Å². The number of halogens is 1. The molecular weight excluding hydrogens is 480 g/mol. The van der Waals surface area contributed by atoms with E-state index < -0.39 is 14.9 Å². The second-order valence-corrected chi connectivity index (χ2v) is 11.2. The third kappa shape index (κ3) is 4.59. The average molecular weight is 501 g/mol. The number of carbonyl (C=O) groups is 1. The normalized spacial score (nSPS) is 18.0. The molecule has 0 spiro atoms. The van der Waals surface area contributed by atoms with E-state index in [2.05, 4.69) is 0 Å². The number of rotatable bonds is 5. The molecule has 0 atom stereocenters. The molecule has 2 aromatic rings. The van der Waals surface area contributed by atoms with Crippen molar-refractivity contribution in [2.75, 3.05) is 57.4 Å². The predicted molar refractivity (Wildman–Crippen MR) is 120 cm³/mol. The lowest BCUT2D eigenvalue weighted by Gasteiger charge is -2.35. The molecule has 1 aromatic heterocycles. The number of nitrogens with zero attached hydrogens (tertiary/aromatic N) is 4. The number of hydrogen-bond acceptors (Lipinski definition) is 8. The van der Waals surface area contributed by atoms with Gasteiger partial charge in [-0.15, -0.1) is 11.3 Å². The van der Waals surface area contributed by atoms with Crippen LogP contribution in [0, 0.1) is 10.1 Å². The van der Waals surface area contributed by atoms with Gasteiger partial charge in [-0.25, -0.2) is 8.42 Å². The molecule has 0 bridgehead atoms. The molecule has 10 nitrogen and oxygen atoms in total. The van der Waals surface area contributed by atoms with Gasteiger partial charge in [0.25, 0.3) is 21.6 Å². The summed E-state index contributed by atoms with van der Waals surface area (Å²) in [5.41, 5.74) is 0.691. The summed E-state index contributed by atoms with van der Waals surface area (Å²) in [6, 6.07) is 7.28. The standard InChI is InChI=1S/C19H21ClN4O6S2/c20-17-3-4-18(31-17)32(28,29)23-7-5-22(6-8-23)19(25)15-13-14(24(26)27)1-2-16(15)21-9-11-30-12-10-21/h1-4,13H,5-12H2. The number of thiophene rings is 1. The zero-order valence-corrected chi connectivity index (χ0v) is 19.4. The zero-order valence-electron chi connectivity index (χ0n) is 17.0. The van der Waals surface area contributed by atoms with Gasteiger partial charge in [0.15, 0.2) is 0 Å². The minimum Gasteiger partial charge on any atom is -0.378 e. The van der Waals surface area contributed by atoms with Crippen LogP contribution in [-0.2, 0) is 14.8 Å². The lowest BCUT2D eigenvalue weighted by Crippen LogP contribution is -2.50. The second-order valence-electron chi connectivity index (χ2n) is 7.31. The summed E-state index contributed by atoms with van der Waals surface area (Å²) in [6.45, 7) is 2.80. The minimum absolute atomic E-state index is 0.130. The highest BCUT2D eigenvalue weighted by molar-refractivity contribution is 7.91. The molecule has 0 radical (unpaired) electrons. The smallest absolute Gasteiger partial charge is 0.270 e. The third-order valence-electron chi connectivity index (χ3n) is 5.44. The molecule has 0 aliphatic carbocycles. The first-order chi connectivity index (χ1) is 15.3. The molecule has 32 heavy (non-hydrogen) atoms. The fourth-order valence-electron chi connectivity index (χ4n) is 3.75. The summed E-state index contributed by atoms with van der Waals surface area (Å²) >= 11 is 6.86. The van der Waals surface area contributed by atoms with E-state index in [9.17, 15) is 23.3 Å². The fraction of sp³-hybridized carbons (Fsp3) is 0.421. The van der Waals surface area contributed by atoms with Crippen molar-refractivity contribution < 1.29 is 22.9 Å². The molecule has 2 fully saturated rings. The van der Waals surface area contributed by atoms with Gasteiger partial charge >= 0.3 is 0 Å². The van der Waals surface area contributed by atoms with Crippen LogP contribution in [0.4, 0.5) is 11.4 Å². The van der Waals surface area contributed by atoms with Gasteiger partial charge in [-0.05, 0) is 18.2 Å². The Morgan fingerprint density at radius 1 is 1.06 bits per heavy atom. The Morgan fingerprint density at radius 3 is 2.34 bits per heavy atom. The maximum Gasteiger partial charge on any atom is 0.270 e. The van der Waals surface area contributed by atoms with Crippen LogP contribution in [0.5, 0.6) is 0 Å². The van der Waals surface area contributed by atoms with Gasteiger partial charge in [0.2, 0.25) is 0 Å². The van der Waals surface area contributed by atoms with Crippen molar-refractivity contribution in [3.05, 3.63) is 50.3 Å². The monoisotopic (exact) mass is 500 g/mol. The summed E-state index contributed by atoms with van der Waals surface area (Å²) in [5.74, 6) is -0.355. The molecule has 2 saturated heterocycles. The maximum atomic E-state index is 13.3. The maximum absolute atomic E-state index is 13.3. The summed E-state index contributed by atoms with van der Waals surface area (Å²) in [4.78, 5) is 27.6.